The van der Waals surface area contributed by atoms with Gasteiger partial charge in [0, 0.05) is 19.1 Å². The molecule has 0 unspecified atom stereocenters. The van der Waals surface area contributed by atoms with Crippen LogP contribution < -0.4 is 10.1 Å². The molecule has 1 amide bonds. The lowest BCUT2D eigenvalue weighted by Crippen LogP contribution is -2.44. The van der Waals surface area contributed by atoms with Gasteiger partial charge in [-0.15, -0.1) is 0 Å². The average molecular weight is 369 g/mol. The molecule has 0 bridgehead atoms. The van der Waals surface area contributed by atoms with Gasteiger partial charge in [-0.3, -0.25) is 9.59 Å². The van der Waals surface area contributed by atoms with Gasteiger partial charge in [-0.1, -0.05) is 25.1 Å². The molecule has 25 heavy (non-hydrogen) atoms. The van der Waals surface area contributed by atoms with Gasteiger partial charge in [-0.2, -0.15) is 0 Å². The van der Waals surface area contributed by atoms with E-state index in [1.54, 1.807) is 37.3 Å². The van der Waals surface area contributed by atoms with Gasteiger partial charge in [-0.25, -0.2) is 9.59 Å². The summed E-state index contributed by atoms with van der Waals surface area (Å²) in [7, 11) is 0. The van der Waals surface area contributed by atoms with Crippen LogP contribution in [0.1, 0.15) is 20.3 Å². The van der Waals surface area contributed by atoms with Crippen LogP contribution in [0, 0.1) is 0 Å². The predicted molar refractivity (Wildman–Crippen MR) is 89.9 cm³/mol. The third-order valence-electron chi connectivity index (χ3n) is 2.68. The highest BCUT2D eigenvalue weighted by molar-refractivity contribution is 8.13. The van der Waals surface area contributed by atoms with Crippen LogP contribution in [0.5, 0.6) is 5.75 Å². The van der Waals surface area contributed by atoms with Gasteiger partial charge in [0.15, 0.2) is 0 Å². The fourth-order valence-electron chi connectivity index (χ4n) is 1.53. The average Bonchev–Trinajstić information content (AvgIpc) is 2.58. The van der Waals surface area contributed by atoms with E-state index in [0.717, 1.165) is 0 Å². The number of para-hydroxylation sites is 1. The van der Waals surface area contributed by atoms with E-state index in [0.29, 0.717) is 17.5 Å². The Morgan fingerprint density at radius 1 is 1.12 bits per heavy atom. The van der Waals surface area contributed by atoms with E-state index < -0.39 is 36.0 Å². The molecule has 0 aromatic heterocycles. The smallest absolute Gasteiger partial charge is 0.370 e. The summed E-state index contributed by atoms with van der Waals surface area (Å²) in [5, 5.41) is 1.67. The maximum Gasteiger partial charge on any atom is 0.370 e. The maximum absolute atomic E-state index is 12.1. The zero-order chi connectivity index (χ0) is 18.7. The molecule has 0 fully saturated rings. The lowest BCUT2D eigenvalue weighted by Gasteiger charge is -2.15. The molecule has 0 aliphatic carbocycles. The maximum atomic E-state index is 12.1. The van der Waals surface area contributed by atoms with Crippen LogP contribution in [-0.4, -0.2) is 41.7 Å². The molecular formula is C16H19NO7S. The number of rotatable bonds is 8. The minimum atomic E-state index is -1.03. The largest absolute Gasteiger partial charge is 0.428 e. The molecule has 0 spiro atoms. The van der Waals surface area contributed by atoms with Gasteiger partial charge in [0.05, 0.1) is 0 Å². The molecule has 1 aromatic rings. The summed E-state index contributed by atoms with van der Waals surface area (Å²) in [5.41, 5.74) is 0. The van der Waals surface area contributed by atoms with Crippen LogP contribution in [0.25, 0.3) is 0 Å². The minimum Gasteiger partial charge on any atom is -0.428 e. The molecule has 0 radical (unpaired) electrons. The first-order valence-corrected chi connectivity index (χ1v) is 8.40. The molecule has 1 atom stereocenters. The number of ether oxygens (including phenoxy) is 3. The monoisotopic (exact) mass is 369 g/mol. The summed E-state index contributed by atoms with van der Waals surface area (Å²) in [6.45, 7) is 2.35. The van der Waals surface area contributed by atoms with Gasteiger partial charge in [0.25, 0.3) is 0 Å². The summed E-state index contributed by atoms with van der Waals surface area (Å²) in [6.07, 6.45) is 0.167. The highest BCUT2D eigenvalue weighted by Crippen LogP contribution is 2.13. The Hall–Kier alpha value is -2.55. The fourth-order valence-corrected chi connectivity index (χ4v) is 2.18. The second kappa shape index (κ2) is 11.1. The summed E-state index contributed by atoms with van der Waals surface area (Å²) in [5.74, 6) is -1.42. The molecule has 0 heterocycles. The molecule has 1 aromatic carbocycles. The zero-order valence-corrected chi connectivity index (χ0v) is 14.7. The van der Waals surface area contributed by atoms with Crippen molar-refractivity contribution in [2.45, 2.75) is 26.3 Å². The minimum absolute atomic E-state index is 0.0915. The Morgan fingerprint density at radius 2 is 1.80 bits per heavy atom. The Morgan fingerprint density at radius 3 is 2.40 bits per heavy atom. The summed E-state index contributed by atoms with van der Waals surface area (Å²) in [6, 6.07) is 7.30. The van der Waals surface area contributed by atoms with Crippen molar-refractivity contribution in [2.24, 2.45) is 0 Å². The van der Waals surface area contributed by atoms with Crippen LogP contribution in [0.4, 0.5) is 4.79 Å². The number of carbonyl (C=O) groups excluding carboxylic acids is 4. The van der Waals surface area contributed by atoms with Crippen molar-refractivity contribution >= 4 is 34.9 Å². The second-order valence-electron chi connectivity index (χ2n) is 4.68. The van der Waals surface area contributed by atoms with Gasteiger partial charge in [0.2, 0.25) is 12.7 Å². The molecular weight excluding hydrogens is 350 g/mol. The van der Waals surface area contributed by atoms with Gasteiger partial charge in [-0.05, 0) is 23.9 Å². The van der Waals surface area contributed by atoms with Crippen molar-refractivity contribution < 1.29 is 33.4 Å². The van der Waals surface area contributed by atoms with Crippen LogP contribution in [0.2, 0.25) is 0 Å². The second-order valence-corrected chi connectivity index (χ2v) is 5.64. The summed E-state index contributed by atoms with van der Waals surface area (Å²) in [4.78, 5) is 45.8. The highest BCUT2D eigenvalue weighted by atomic mass is 32.2. The van der Waals surface area contributed by atoms with Crippen molar-refractivity contribution in [1.82, 2.24) is 5.32 Å². The van der Waals surface area contributed by atoms with E-state index in [4.69, 9.17) is 4.74 Å². The predicted octanol–water partition coefficient (Wildman–Crippen LogP) is 1.88. The number of benzene rings is 1. The Labute approximate surface area is 149 Å². The number of esters is 2. The molecule has 1 N–H and O–H groups in total. The Bertz CT molecular complexity index is 606. The van der Waals surface area contributed by atoms with Crippen LogP contribution in [-0.2, 0) is 23.9 Å². The van der Waals surface area contributed by atoms with Crippen LogP contribution >= 0.6 is 11.8 Å². The number of hydrogen-bond donors (Lipinski definition) is 1. The number of hydrogen-bond acceptors (Lipinski definition) is 8. The normalized spacial score (nSPS) is 11.1. The Balaban J connectivity index is 2.49. The number of carbonyl (C=O) groups is 4. The topological polar surface area (TPSA) is 108 Å². The first-order chi connectivity index (χ1) is 11.9. The number of amides is 1. The Kier molecular flexibility index (Phi) is 9.09. The number of nitrogens with one attached hydrogen (secondary N) is 1. The van der Waals surface area contributed by atoms with E-state index in [-0.39, 0.29) is 12.2 Å². The van der Waals surface area contributed by atoms with Crippen LogP contribution in [0.15, 0.2) is 30.3 Å². The van der Waals surface area contributed by atoms with Crippen molar-refractivity contribution in [3.05, 3.63) is 30.3 Å². The molecule has 136 valence electrons. The van der Waals surface area contributed by atoms with E-state index in [2.05, 4.69) is 14.8 Å². The molecule has 0 aliphatic rings. The van der Waals surface area contributed by atoms with Crippen molar-refractivity contribution in [3.63, 3.8) is 0 Å². The molecule has 0 saturated carbocycles. The first-order valence-electron chi connectivity index (χ1n) is 7.41. The third kappa shape index (κ3) is 8.75. The lowest BCUT2D eigenvalue weighted by atomic mass is 10.3. The van der Waals surface area contributed by atoms with Crippen molar-refractivity contribution in [1.29, 1.82) is 0 Å². The fraction of sp³-hybridized carbons (Fsp3) is 0.375. The zero-order valence-electron chi connectivity index (χ0n) is 13.9. The van der Waals surface area contributed by atoms with Crippen LogP contribution in [0.3, 0.4) is 0 Å². The summed E-state index contributed by atoms with van der Waals surface area (Å²) >= 11 is 0.657. The van der Waals surface area contributed by atoms with Crippen molar-refractivity contribution in [2.75, 3.05) is 12.5 Å². The molecule has 0 saturated heterocycles. The molecule has 0 aliphatic heterocycles. The molecule has 1 rings (SSSR count). The van der Waals surface area contributed by atoms with E-state index in [1.165, 1.54) is 6.92 Å². The summed E-state index contributed by atoms with van der Waals surface area (Å²) < 4.78 is 14.4. The molecule has 9 heteroatoms. The quantitative estimate of drug-likeness (QED) is 0.420. The van der Waals surface area contributed by atoms with Gasteiger partial charge >= 0.3 is 17.2 Å². The van der Waals surface area contributed by atoms with Crippen molar-refractivity contribution in [3.8, 4) is 5.75 Å². The first kappa shape index (κ1) is 20.5. The van der Waals surface area contributed by atoms with E-state index >= 15 is 0 Å². The lowest BCUT2D eigenvalue weighted by molar-refractivity contribution is -0.150. The van der Waals surface area contributed by atoms with Gasteiger partial charge in [0.1, 0.15) is 11.8 Å². The van der Waals surface area contributed by atoms with E-state index in [1.807, 2.05) is 0 Å². The van der Waals surface area contributed by atoms with E-state index in [9.17, 15) is 19.2 Å². The number of thioether (sulfide) groups is 1. The SMILES string of the molecule is CCC(=O)OCOC(=O)SC[C@H](NC(C)=O)C(=O)Oc1ccccc1. The molecule has 8 nitrogen and oxygen atoms in total. The third-order valence-corrected chi connectivity index (χ3v) is 3.53. The van der Waals surface area contributed by atoms with Gasteiger partial charge < -0.3 is 19.5 Å². The standard InChI is InChI=1S/C16H19NO7S/c1-3-14(19)22-10-23-16(21)25-9-13(17-11(2)18)15(20)24-12-7-5-4-6-8-12/h4-8,13H,3,9-10H2,1-2H3,(H,17,18)/t13-/m0/s1. The highest BCUT2D eigenvalue weighted by Gasteiger charge is 2.23.